The van der Waals surface area contributed by atoms with E-state index >= 15 is 0 Å². The van der Waals surface area contributed by atoms with Crippen LogP contribution < -0.4 is 11.1 Å². The number of nitrogens with two attached hydrogens (primary N) is 1. The number of unbranched alkanes of at least 4 members (excludes halogenated alkanes) is 3. The minimum absolute atomic E-state index is 0.0359. The third kappa shape index (κ3) is 4.74. The summed E-state index contributed by atoms with van der Waals surface area (Å²) in [6, 6.07) is 9.45. The van der Waals surface area contributed by atoms with E-state index in [9.17, 15) is 4.79 Å². The van der Waals surface area contributed by atoms with Gasteiger partial charge in [0.2, 0.25) is 5.91 Å². The predicted molar refractivity (Wildman–Crippen MR) is 87.0 cm³/mol. The fraction of sp³-hybridized carbons (Fsp3) is 0.412. The normalized spacial score (nSPS) is 10.7. The lowest BCUT2D eigenvalue weighted by Gasteiger charge is -2.06. The van der Waals surface area contributed by atoms with Gasteiger partial charge >= 0.3 is 0 Å². The first-order chi connectivity index (χ1) is 10.2. The van der Waals surface area contributed by atoms with Crippen LogP contribution in [0.2, 0.25) is 0 Å². The van der Waals surface area contributed by atoms with Crippen molar-refractivity contribution in [2.45, 2.75) is 39.0 Å². The first kappa shape index (κ1) is 15.3. The number of carbonyl (C=O) groups excluding carboxylic acids is 1. The minimum atomic E-state index is 0.0359. The van der Waals surface area contributed by atoms with Gasteiger partial charge in [0.05, 0.1) is 17.6 Å². The van der Waals surface area contributed by atoms with Gasteiger partial charge in [-0.25, -0.2) is 0 Å². The highest BCUT2D eigenvalue weighted by atomic mass is 16.1. The van der Waals surface area contributed by atoms with Gasteiger partial charge < -0.3 is 11.1 Å². The SMILES string of the molecule is CCCCCCNC(=O)Cc1ccc2cc(N)ccc2n1. The maximum absolute atomic E-state index is 11.9. The van der Waals surface area contributed by atoms with E-state index in [0.717, 1.165) is 35.2 Å². The van der Waals surface area contributed by atoms with Crippen molar-refractivity contribution in [2.24, 2.45) is 0 Å². The van der Waals surface area contributed by atoms with Gasteiger partial charge in [0.25, 0.3) is 0 Å². The number of pyridine rings is 1. The summed E-state index contributed by atoms with van der Waals surface area (Å²) in [6.45, 7) is 2.93. The number of nitrogen functional groups attached to an aromatic ring is 1. The Morgan fingerprint density at radius 1 is 1.19 bits per heavy atom. The number of benzene rings is 1. The van der Waals surface area contributed by atoms with Crippen molar-refractivity contribution in [3.8, 4) is 0 Å². The predicted octanol–water partition coefficient (Wildman–Crippen LogP) is 3.06. The van der Waals surface area contributed by atoms with E-state index in [-0.39, 0.29) is 5.91 Å². The average Bonchev–Trinajstić information content (AvgIpc) is 2.47. The summed E-state index contributed by atoms with van der Waals surface area (Å²) in [7, 11) is 0. The summed E-state index contributed by atoms with van der Waals surface area (Å²) >= 11 is 0. The third-order valence-electron chi connectivity index (χ3n) is 3.47. The quantitative estimate of drug-likeness (QED) is 0.607. The highest BCUT2D eigenvalue weighted by molar-refractivity contribution is 5.83. The summed E-state index contributed by atoms with van der Waals surface area (Å²) in [4.78, 5) is 16.4. The molecule has 3 N–H and O–H groups in total. The van der Waals surface area contributed by atoms with E-state index in [0.29, 0.717) is 6.42 Å². The smallest absolute Gasteiger partial charge is 0.226 e. The number of amides is 1. The molecule has 2 aromatic rings. The molecule has 2 rings (SSSR count). The second-order valence-electron chi connectivity index (χ2n) is 5.34. The second kappa shape index (κ2) is 7.62. The van der Waals surface area contributed by atoms with Gasteiger partial charge in [-0.2, -0.15) is 0 Å². The zero-order valence-electron chi connectivity index (χ0n) is 12.6. The molecule has 4 nitrogen and oxygen atoms in total. The molecule has 0 atom stereocenters. The van der Waals surface area contributed by atoms with Crippen LogP contribution in [0.15, 0.2) is 30.3 Å². The number of fused-ring (bicyclic) bond motifs is 1. The van der Waals surface area contributed by atoms with E-state index in [1.807, 2.05) is 30.3 Å². The zero-order chi connectivity index (χ0) is 15.1. The van der Waals surface area contributed by atoms with Crippen LogP contribution >= 0.6 is 0 Å². The molecular weight excluding hydrogens is 262 g/mol. The molecule has 0 aliphatic carbocycles. The summed E-state index contributed by atoms with van der Waals surface area (Å²) in [6.07, 6.45) is 4.98. The van der Waals surface area contributed by atoms with Crippen LogP contribution in [0.3, 0.4) is 0 Å². The molecule has 0 aliphatic rings. The Morgan fingerprint density at radius 2 is 2.05 bits per heavy atom. The number of nitrogens with one attached hydrogen (secondary N) is 1. The molecule has 21 heavy (non-hydrogen) atoms. The molecule has 0 unspecified atom stereocenters. The van der Waals surface area contributed by atoms with Crippen LogP contribution in [-0.4, -0.2) is 17.4 Å². The molecule has 0 saturated carbocycles. The molecule has 112 valence electrons. The molecule has 0 saturated heterocycles. The average molecular weight is 285 g/mol. The van der Waals surface area contributed by atoms with Crippen molar-refractivity contribution in [1.82, 2.24) is 10.3 Å². The van der Waals surface area contributed by atoms with E-state index in [2.05, 4.69) is 17.2 Å². The van der Waals surface area contributed by atoms with Crippen LogP contribution in [0.1, 0.15) is 38.3 Å². The highest BCUT2D eigenvalue weighted by Gasteiger charge is 2.05. The number of hydrogen-bond acceptors (Lipinski definition) is 3. The van der Waals surface area contributed by atoms with Crippen LogP contribution in [0.4, 0.5) is 5.69 Å². The highest BCUT2D eigenvalue weighted by Crippen LogP contribution is 2.16. The molecule has 0 fully saturated rings. The lowest BCUT2D eigenvalue weighted by molar-refractivity contribution is -0.120. The van der Waals surface area contributed by atoms with Gasteiger partial charge in [0.1, 0.15) is 0 Å². The van der Waals surface area contributed by atoms with Crippen LogP contribution in [-0.2, 0) is 11.2 Å². The number of carbonyl (C=O) groups is 1. The van der Waals surface area contributed by atoms with Crippen molar-refractivity contribution in [3.63, 3.8) is 0 Å². The first-order valence-corrected chi connectivity index (χ1v) is 7.61. The number of hydrogen-bond donors (Lipinski definition) is 2. The maximum atomic E-state index is 11.9. The van der Waals surface area contributed by atoms with Crippen molar-refractivity contribution < 1.29 is 4.79 Å². The zero-order valence-corrected chi connectivity index (χ0v) is 12.6. The van der Waals surface area contributed by atoms with Crippen molar-refractivity contribution in [3.05, 3.63) is 36.0 Å². The Morgan fingerprint density at radius 3 is 2.86 bits per heavy atom. The standard InChI is InChI=1S/C17H23N3O/c1-2-3-4-5-10-19-17(21)12-15-8-6-13-11-14(18)7-9-16(13)20-15/h6-9,11H,2-5,10,12,18H2,1H3,(H,19,21). The summed E-state index contributed by atoms with van der Waals surface area (Å²) in [5.41, 5.74) is 8.13. The summed E-state index contributed by atoms with van der Waals surface area (Å²) < 4.78 is 0. The monoisotopic (exact) mass is 285 g/mol. The van der Waals surface area contributed by atoms with Gasteiger partial charge in [-0.15, -0.1) is 0 Å². The summed E-state index contributed by atoms with van der Waals surface area (Å²) in [5, 5.41) is 3.95. The lowest BCUT2D eigenvalue weighted by atomic mass is 10.1. The van der Waals surface area contributed by atoms with E-state index in [4.69, 9.17) is 5.73 Å². The third-order valence-corrected chi connectivity index (χ3v) is 3.47. The van der Waals surface area contributed by atoms with Gasteiger partial charge in [-0.3, -0.25) is 9.78 Å². The Bertz CT molecular complexity index is 610. The Labute approximate surface area is 125 Å². The van der Waals surface area contributed by atoms with Gasteiger partial charge in [-0.05, 0) is 30.7 Å². The molecule has 4 heteroatoms. The lowest BCUT2D eigenvalue weighted by Crippen LogP contribution is -2.26. The van der Waals surface area contributed by atoms with Gasteiger partial charge in [0, 0.05) is 17.6 Å². The van der Waals surface area contributed by atoms with E-state index in [1.165, 1.54) is 19.3 Å². The van der Waals surface area contributed by atoms with Crippen molar-refractivity contribution in [2.75, 3.05) is 12.3 Å². The first-order valence-electron chi connectivity index (χ1n) is 7.61. The summed E-state index contributed by atoms with van der Waals surface area (Å²) in [5.74, 6) is 0.0359. The number of aromatic nitrogens is 1. The van der Waals surface area contributed by atoms with E-state index < -0.39 is 0 Å². The van der Waals surface area contributed by atoms with Gasteiger partial charge in [-0.1, -0.05) is 32.3 Å². The minimum Gasteiger partial charge on any atom is -0.399 e. The fourth-order valence-electron chi connectivity index (χ4n) is 2.29. The molecular formula is C17H23N3O. The molecule has 1 aromatic heterocycles. The number of anilines is 1. The van der Waals surface area contributed by atoms with Crippen LogP contribution in [0.5, 0.6) is 0 Å². The van der Waals surface area contributed by atoms with Crippen molar-refractivity contribution in [1.29, 1.82) is 0 Å². The largest absolute Gasteiger partial charge is 0.399 e. The molecule has 0 radical (unpaired) electrons. The van der Waals surface area contributed by atoms with Crippen LogP contribution in [0.25, 0.3) is 10.9 Å². The van der Waals surface area contributed by atoms with Crippen molar-refractivity contribution >= 4 is 22.5 Å². The Hall–Kier alpha value is -2.10. The molecule has 1 amide bonds. The number of rotatable bonds is 7. The molecule has 0 bridgehead atoms. The topological polar surface area (TPSA) is 68.0 Å². The second-order valence-corrected chi connectivity index (χ2v) is 5.34. The van der Waals surface area contributed by atoms with Crippen LogP contribution in [0, 0.1) is 0 Å². The molecule has 0 aliphatic heterocycles. The fourth-order valence-corrected chi connectivity index (χ4v) is 2.29. The van der Waals surface area contributed by atoms with Gasteiger partial charge in [0.15, 0.2) is 0 Å². The maximum Gasteiger partial charge on any atom is 0.226 e. The number of nitrogens with zero attached hydrogens (tertiary/aromatic N) is 1. The molecule has 1 heterocycles. The molecule has 0 spiro atoms. The van der Waals surface area contributed by atoms with E-state index in [1.54, 1.807) is 0 Å². The Balaban J connectivity index is 1.87. The molecule has 1 aromatic carbocycles. The Kier molecular flexibility index (Phi) is 5.55.